The van der Waals surface area contributed by atoms with Crippen molar-refractivity contribution in [3.63, 3.8) is 0 Å². The van der Waals surface area contributed by atoms with Crippen LogP contribution in [0.2, 0.25) is 0 Å². The van der Waals surface area contributed by atoms with Crippen LogP contribution < -0.4 is 16.1 Å². The number of halogens is 1. The smallest absolute Gasteiger partial charge is 0.341 e. The molecule has 2 aromatic heterocycles. The number of nitrogens with zero attached hydrogens (tertiary/aromatic N) is 3. The van der Waals surface area contributed by atoms with Gasteiger partial charge in [-0.1, -0.05) is 13.3 Å². The summed E-state index contributed by atoms with van der Waals surface area (Å²) in [6.07, 6.45) is 2.17. The Morgan fingerprint density at radius 1 is 1.41 bits per heavy atom. The second-order valence-corrected chi connectivity index (χ2v) is 8.12. The highest BCUT2D eigenvalue weighted by Crippen LogP contribution is 2.29. The molecule has 0 amide bonds. The molecular formula is C19H25FN4O3. The molecule has 7 nitrogen and oxygen atoms in total. The fourth-order valence-corrected chi connectivity index (χ4v) is 3.60. The molecule has 0 spiro atoms. The summed E-state index contributed by atoms with van der Waals surface area (Å²) in [7, 11) is 0. The first-order chi connectivity index (χ1) is 12.5. The molecular weight excluding hydrogens is 351 g/mol. The number of carboxylic acid groups (broad SMARTS) is 1. The summed E-state index contributed by atoms with van der Waals surface area (Å²) >= 11 is 0. The Labute approximate surface area is 156 Å². The maximum atomic E-state index is 14.8. The van der Waals surface area contributed by atoms with Crippen LogP contribution in [-0.2, 0) is 5.54 Å². The van der Waals surface area contributed by atoms with E-state index in [4.69, 9.17) is 5.73 Å². The van der Waals surface area contributed by atoms with Gasteiger partial charge in [-0.3, -0.25) is 4.79 Å². The molecule has 3 heterocycles. The first-order valence-electron chi connectivity index (χ1n) is 9.04. The predicted molar refractivity (Wildman–Crippen MR) is 102 cm³/mol. The van der Waals surface area contributed by atoms with Crippen molar-refractivity contribution in [2.24, 2.45) is 11.7 Å². The molecule has 1 aliphatic rings. The monoisotopic (exact) mass is 376 g/mol. The third-order valence-corrected chi connectivity index (χ3v) is 5.18. The maximum Gasteiger partial charge on any atom is 0.341 e. The van der Waals surface area contributed by atoms with E-state index in [9.17, 15) is 19.1 Å². The van der Waals surface area contributed by atoms with E-state index in [1.165, 1.54) is 6.20 Å². The van der Waals surface area contributed by atoms with Gasteiger partial charge < -0.3 is 20.3 Å². The zero-order chi connectivity index (χ0) is 20.1. The molecule has 3 N–H and O–H groups in total. The molecule has 8 heteroatoms. The van der Waals surface area contributed by atoms with Crippen LogP contribution in [0.1, 0.15) is 44.5 Å². The van der Waals surface area contributed by atoms with Crippen LogP contribution >= 0.6 is 0 Å². The van der Waals surface area contributed by atoms with Crippen LogP contribution in [0.4, 0.5) is 10.2 Å². The second-order valence-electron chi connectivity index (χ2n) is 8.12. The topological polar surface area (TPSA) is 101 Å². The summed E-state index contributed by atoms with van der Waals surface area (Å²) < 4.78 is 16.4. The third kappa shape index (κ3) is 3.29. The molecule has 1 saturated heterocycles. The van der Waals surface area contributed by atoms with Gasteiger partial charge >= 0.3 is 5.97 Å². The number of aromatic nitrogens is 2. The SMILES string of the molecule is CC[C@H]1CN(c2nc3c(cc2F)c(=O)c(C(=O)O)cn3C(C)(C)C)C[C@@H]1N. The van der Waals surface area contributed by atoms with Crippen molar-refractivity contribution in [3.8, 4) is 0 Å². The molecule has 3 rings (SSSR count). The summed E-state index contributed by atoms with van der Waals surface area (Å²) in [4.78, 5) is 30.3. The number of hydrogen-bond acceptors (Lipinski definition) is 5. The van der Waals surface area contributed by atoms with E-state index < -0.39 is 28.3 Å². The van der Waals surface area contributed by atoms with Gasteiger partial charge in [-0.05, 0) is 32.8 Å². The van der Waals surface area contributed by atoms with E-state index in [-0.39, 0.29) is 28.8 Å². The lowest BCUT2D eigenvalue weighted by Gasteiger charge is -2.26. The zero-order valence-electron chi connectivity index (χ0n) is 16.0. The molecule has 1 fully saturated rings. The van der Waals surface area contributed by atoms with Crippen molar-refractivity contribution in [1.82, 2.24) is 9.55 Å². The Morgan fingerprint density at radius 2 is 2.07 bits per heavy atom. The largest absolute Gasteiger partial charge is 0.477 e. The lowest BCUT2D eigenvalue weighted by molar-refractivity contribution is 0.0694. The van der Waals surface area contributed by atoms with Crippen molar-refractivity contribution < 1.29 is 14.3 Å². The van der Waals surface area contributed by atoms with Crippen molar-refractivity contribution in [2.45, 2.75) is 45.7 Å². The number of carboxylic acids is 1. The Bertz CT molecular complexity index is 964. The van der Waals surface area contributed by atoms with Gasteiger partial charge in [0.15, 0.2) is 11.6 Å². The third-order valence-electron chi connectivity index (χ3n) is 5.18. The Hall–Kier alpha value is -2.48. The Morgan fingerprint density at radius 3 is 2.59 bits per heavy atom. The minimum Gasteiger partial charge on any atom is -0.477 e. The van der Waals surface area contributed by atoms with Gasteiger partial charge in [-0.15, -0.1) is 0 Å². The highest BCUT2D eigenvalue weighted by Gasteiger charge is 2.32. The molecule has 27 heavy (non-hydrogen) atoms. The first-order valence-corrected chi connectivity index (χ1v) is 9.04. The van der Waals surface area contributed by atoms with Crippen molar-refractivity contribution in [2.75, 3.05) is 18.0 Å². The summed E-state index contributed by atoms with van der Waals surface area (Å²) in [6, 6.07) is 1.03. The lowest BCUT2D eigenvalue weighted by Crippen LogP contribution is -2.31. The molecule has 2 atom stereocenters. The average molecular weight is 376 g/mol. The van der Waals surface area contributed by atoms with Crippen molar-refractivity contribution >= 4 is 22.8 Å². The molecule has 0 bridgehead atoms. The molecule has 2 aromatic rings. The number of carbonyl (C=O) groups is 1. The zero-order valence-corrected chi connectivity index (χ0v) is 16.0. The molecule has 146 valence electrons. The van der Waals surface area contributed by atoms with Crippen LogP contribution in [0.3, 0.4) is 0 Å². The molecule has 0 aromatic carbocycles. The summed E-state index contributed by atoms with van der Waals surface area (Å²) in [5.41, 5.74) is 4.72. The van der Waals surface area contributed by atoms with E-state index in [0.29, 0.717) is 13.1 Å². The van der Waals surface area contributed by atoms with Gasteiger partial charge in [0, 0.05) is 30.9 Å². The summed E-state index contributed by atoms with van der Waals surface area (Å²) in [5, 5.41) is 9.31. The molecule has 0 unspecified atom stereocenters. The van der Waals surface area contributed by atoms with Crippen molar-refractivity contribution in [3.05, 3.63) is 33.9 Å². The number of anilines is 1. The lowest BCUT2D eigenvalue weighted by atomic mass is 10.0. The van der Waals surface area contributed by atoms with Gasteiger partial charge in [0.25, 0.3) is 0 Å². The van der Waals surface area contributed by atoms with E-state index in [2.05, 4.69) is 4.98 Å². The number of aromatic carboxylic acids is 1. The van der Waals surface area contributed by atoms with E-state index in [1.807, 2.05) is 27.7 Å². The van der Waals surface area contributed by atoms with Gasteiger partial charge in [0.05, 0.1) is 5.39 Å². The minimum atomic E-state index is -1.35. The van der Waals surface area contributed by atoms with E-state index >= 15 is 0 Å². The fourth-order valence-electron chi connectivity index (χ4n) is 3.60. The molecule has 0 aliphatic carbocycles. The van der Waals surface area contributed by atoms with E-state index in [0.717, 1.165) is 12.5 Å². The fraction of sp³-hybridized carbons (Fsp3) is 0.526. The van der Waals surface area contributed by atoms with Crippen molar-refractivity contribution in [1.29, 1.82) is 0 Å². The summed E-state index contributed by atoms with van der Waals surface area (Å²) in [5.74, 6) is -1.59. The quantitative estimate of drug-likeness (QED) is 0.851. The Balaban J connectivity index is 2.26. The van der Waals surface area contributed by atoms with Crippen LogP contribution in [-0.4, -0.2) is 39.8 Å². The molecule has 0 saturated carbocycles. The van der Waals surface area contributed by atoms with Gasteiger partial charge in [0.1, 0.15) is 11.2 Å². The molecule has 0 radical (unpaired) electrons. The number of pyridine rings is 2. The predicted octanol–water partition coefficient (Wildman–Crippen LogP) is 2.16. The standard InChI is InChI=1S/C19H25FN4O3/c1-5-10-7-23(9-14(10)21)17-13(20)6-11-15(25)12(18(26)27)8-24(16(11)22-17)19(2,3)4/h6,8,10,14H,5,7,9,21H2,1-4H3,(H,26,27)/t10-,14-/m0/s1. The van der Waals surface area contributed by atoms with Gasteiger partial charge in [-0.2, -0.15) is 0 Å². The Kier molecular flexibility index (Phi) is 4.71. The van der Waals surface area contributed by atoms with Crippen LogP contribution in [0, 0.1) is 11.7 Å². The van der Waals surface area contributed by atoms with Gasteiger partial charge in [-0.25, -0.2) is 14.2 Å². The molecule has 1 aliphatic heterocycles. The number of nitrogens with two attached hydrogens (primary N) is 1. The first kappa shape index (κ1) is 19.3. The normalized spacial score (nSPS) is 20.4. The second kappa shape index (κ2) is 6.60. The minimum absolute atomic E-state index is 0.0402. The number of hydrogen-bond donors (Lipinski definition) is 2. The van der Waals surface area contributed by atoms with Crippen LogP contribution in [0.5, 0.6) is 0 Å². The van der Waals surface area contributed by atoms with Crippen LogP contribution in [0.25, 0.3) is 11.0 Å². The maximum absolute atomic E-state index is 14.8. The summed E-state index contributed by atoms with van der Waals surface area (Å²) in [6.45, 7) is 8.73. The number of fused-ring (bicyclic) bond motifs is 1. The number of rotatable bonds is 3. The average Bonchev–Trinajstić information content (AvgIpc) is 2.94. The van der Waals surface area contributed by atoms with Gasteiger partial charge in [0.2, 0.25) is 5.43 Å². The van der Waals surface area contributed by atoms with Crippen LogP contribution in [0.15, 0.2) is 17.1 Å². The highest BCUT2D eigenvalue weighted by atomic mass is 19.1. The highest BCUT2D eigenvalue weighted by molar-refractivity contribution is 5.92. The van der Waals surface area contributed by atoms with E-state index in [1.54, 1.807) is 9.47 Å².